The highest BCUT2D eigenvalue weighted by Gasteiger charge is 2.50. The minimum Gasteiger partial charge on any atom is -0.483 e. The van der Waals surface area contributed by atoms with Crippen molar-refractivity contribution in [1.29, 1.82) is 0 Å². The second-order valence-electron chi connectivity index (χ2n) is 11.5. The van der Waals surface area contributed by atoms with Crippen LogP contribution in [-0.2, 0) is 27.8 Å². The fraction of sp³-hybridized carbons (Fsp3) is 0.333. The van der Waals surface area contributed by atoms with Gasteiger partial charge in [-0.1, -0.05) is 30.3 Å². The first-order valence-corrected chi connectivity index (χ1v) is 14.3. The summed E-state index contributed by atoms with van der Waals surface area (Å²) in [7, 11) is -5.94. The van der Waals surface area contributed by atoms with E-state index < -0.39 is 32.5 Å². The first-order valence-electron chi connectivity index (χ1n) is 12.9. The monoisotopic (exact) mass is 586 g/mol. The maximum absolute atomic E-state index is 13.3. The van der Waals surface area contributed by atoms with E-state index in [4.69, 9.17) is 9.73 Å². The Balaban J connectivity index is 1.64. The highest BCUT2D eigenvalue weighted by atomic mass is 32.2. The molecule has 0 atom stereocenters. The van der Waals surface area contributed by atoms with Crippen LogP contribution in [0.5, 0.6) is 11.5 Å². The van der Waals surface area contributed by atoms with Gasteiger partial charge in [0.1, 0.15) is 5.60 Å². The average Bonchev–Trinajstić information content (AvgIpc) is 3.19. The number of nitrogens with zero attached hydrogens (tertiary/aromatic N) is 1. The maximum atomic E-state index is 13.3. The van der Waals surface area contributed by atoms with E-state index in [0.29, 0.717) is 40.9 Å². The predicted octanol–water partition coefficient (Wildman–Crippen LogP) is 6.43. The van der Waals surface area contributed by atoms with E-state index in [9.17, 15) is 26.4 Å². The molecule has 2 aliphatic rings. The minimum absolute atomic E-state index is 0.00614. The Bertz CT molecular complexity index is 1690. The molecule has 0 radical (unpaired) electrons. The van der Waals surface area contributed by atoms with Crippen LogP contribution in [0.15, 0.2) is 59.6 Å². The normalized spacial score (nSPS) is 17.1. The number of halogens is 3. The molecule has 11 heteroatoms. The largest absolute Gasteiger partial charge is 0.534 e. The van der Waals surface area contributed by atoms with E-state index in [1.165, 1.54) is 13.0 Å². The molecule has 5 rings (SSSR count). The van der Waals surface area contributed by atoms with Gasteiger partial charge in [0.25, 0.3) is 0 Å². The Morgan fingerprint density at radius 3 is 2.24 bits per heavy atom. The Morgan fingerprint density at radius 1 is 0.951 bits per heavy atom. The number of carbonyl (C=O) groups excluding carboxylic acids is 1. The van der Waals surface area contributed by atoms with Crippen LogP contribution in [0.2, 0.25) is 0 Å². The summed E-state index contributed by atoms with van der Waals surface area (Å²) in [6.07, 6.45) is 0.836. The number of fused-ring (bicyclic) bond motifs is 3. The zero-order valence-corrected chi connectivity index (χ0v) is 24.0. The number of alkyl halides is 3. The molecule has 3 aromatic rings. The van der Waals surface area contributed by atoms with Crippen molar-refractivity contribution in [2.45, 2.75) is 64.1 Å². The fourth-order valence-electron chi connectivity index (χ4n) is 5.26. The molecular formula is C30H29F3N2O5S. The molecule has 1 N–H and O–H groups in total. The van der Waals surface area contributed by atoms with Crippen molar-refractivity contribution < 1.29 is 35.3 Å². The van der Waals surface area contributed by atoms with E-state index in [2.05, 4.69) is 9.50 Å². The number of nitrogens with one attached hydrogen (secondary N) is 1. The molecule has 0 unspecified atom stereocenters. The quantitative estimate of drug-likeness (QED) is 0.275. The standard InChI is InChI=1S/C30H29F3N2O5S/c1-17(36)34-21-11-9-18(10-12-21)19-7-6-8-20(13-19)26-22-14-25(40-41(37,38)30(31,32)33)27-24(16-29(4,5)39-27)23(22)15-28(2,3)35-26/h6-14H,15-16H2,1-5H3,(H,34,36). The van der Waals surface area contributed by atoms with Gasteiger partial charge in [0.2, 0.25) is 5.91 Å². The van der Waals surface area contributed by atoms with Crippen LogP contribution < -0.4 is 14.2 Å². The number of benzene rings is 3. The lowest BCUT2D eigenvalue weighted by atomic mass is 9.80. The van der Waals surface area contributed by atoms with E-state index in [0.717, 1.165) is 16.7 Å². The Morgan fingerprint density at radius 2 is 1.61 bits per heavy atom. The van der Waals surface area contributed by atoms with Crippen LogP contribution in [0.1, 0.15) is 56.9 Å². The average molecular weight is 587 g/mol. The van der Waals surface area contributed by atoms with Crippen LogP contribution >= 0.6 is 0 Å². The lowest BCUT2D eigenvalue weighted by Crippen LogP contribution is -2.31. The predicted molar refractivity (Wildman–Crippen MR) is 150 cm³/mol. The third-order valence-corrected chi connectivity index (χ3v) is 7.85. The van der Waals surface area contributed by atoms with Crippen molar-refractivity contribution >= 4 is 27.4 Å². The number of aliphatic imine (C=N–C) groups is 1. The molecule has 216 valence electrons. The van der Waals surface area contributed by atoms with Crippen molar-refractivity contribution in [3.05, 3.63) is 76.9 Å². The molecule has 2 aliphatic heterocycles. The summed E-state index contributed by atoms with van der Waals surface area (Å²) in [5, 5.41) is 2.73. The number of rotatable bonds is 5. The van der Waals surface area contributed by atoms with Gasteiger partial charge in [-0.05, 0) is 75.1 Å². The topological polar surface area (TPSA) is 94.1 Å². The van der Waals surface area contributed by atoms with E-state index >= 15 is 0 Å². The maximum Gasteiger partial charge on any atom is 0.534 e. The molecule has 1 amide bonds. The molecule has 3 aromatic carbocycles. The summed E-state index contributed by atoms with van der Waals surface area (Å²) < 4.78 is 74.6. The number of anilines is 1. The lowest BCUT2D eigenvalue weighted by Gasteiger charge is -2.31. The van der Waals surface area contributed by atoms with Gasteiger partial charge in [0.05, 0.1) is 11.3 Å². The van der Waals surface area contributed by atoms with Crippen LogP contribution in [0.4, 0.5) is 18.9 Å². The Hall–Kier alpha value is -3.86. The molecule has 0 bridgehead atoms. The number of hydrogen-bond acceptors (Lipinski definition) is 6. The number of amides is 1. The van der Waals surface area contributed by atoms with E-state index in [1.807, 2.05) is 50.2 Å². The van der Waals surface area contributed by atoms with Crippen molar-refractivity contribution in [2.75, 3.05) is 5.32 Å². The number of carbonyl (C=O) groups is 1. The van der Waals surface area contributed by atoms with Gasteiger partial charge in [-0.15, -0.1) is 0 Å². The van der Waals surface area contributed by atoms with Gasteiger partial charge in [0, 0.05) is 35.7 Å². The Labute approximate surface area is 236 Å². The summed E-state index contributed by atoms with van der Waals surface area (Å²) in [6, 6.07) is 16.1. The Kier molecular flexibility index (Phi) is 6.72. The molecule has 2 heterocycles. The summed E-state index contributed by atoms with van der Waals surface area (Å²) in [5.74, 6) is -0.687. The number of hydrogen-bond donors (Lipinski definition) is 1. The molecule has 0 aromatic heterocycles. The van der Waals surface area contributed by atoms with Gasteiger partial charge in [0.15, 0.2) is 11.5 Å². The van der Waals surface area contributed by atoms with E-state index in [1.54, 1.807) is 26.0 Å². The second-order valence-corrected chi connectivity index (χ2v) is 13.1. The van der Waals surface area contributed by atoms with Crippen molar-refractivity contribution in [2.24, 2.45) is 4.99 Å². The zero-order valence-electron chi connectivity index (χ0n) is 23.1. The fourth-order valence-corrected chi connectivity index (χ4v) is 5.71. The highest BCUT2D eigenvalue weighted by Crippen LogP contribution is 2.49. The first kappa shape index (κ1) is 28.7. The molecule has 41 heavy (non-hydrogen) atoms. The van der Waals surface area contributed by atoms with Crippen molar-refractivity contribution in [1.82, 2.24) is 0 Å². The summed E-state index contributed by atoms with van der Waals surface area (Å²) in [4.78, 5) is 16.3. The van der Waals surface area contributed by atoms with Gasteiger partial charge < -0.3 is 14.2 Å². The number of ether oxygens (including phenoxy) is 1. The van der Waals surface area contributed by atoms with Crippen LogP contribution in [-0.4, -0.2) is 36.7 Å². The minimum atomic E-state index is -5.94. The van der Waals surface area contributed by atoms with Gasteiger partial charge in [-0.3, -0.25) is 9.79 Å². The summed E-state index contributed by atoms with van der Waals surface area (Å²) in [6.45, 7) is 8.92. The van der Waals surface area contributed by atoms with Gasteiger partial charge in [-0.25, -0.2) is 0 Å². The van der Waals surface area contributed by atoms with Crippen molar-refractivity contribution in [3.8, 4) is 22.6 Å². The molecule has 0 saturated carbocycles. The van der Waals surface area contributed by atoms with Crippen LogP contribution in [0, 0.1) is 0 Å². The lowest BCUT2D eigenvalue weighted by molar-refractivity contribution is -0.114. The summed E-state index contributed by atoms with van der Waals surface area (Å²) >= 11 is 0. The van der Waals surface area contributed by atoms with Gasteiger partial charge in [-0.2, -0.15) is 21.6 Å². The highest BCUT2D eigenvalue weighted by molar-refractivity contribution is 7.88. The van der Waals surface area contributed by atoms with Crippen LogP contribution in [0.25, 0.3) is 11.1 Å². The molecule has 0 saturated heterocycles. The first-order chi connectivity index (χ1) is 18.9. The van der Waals surface area contributed by atoms with Crippen molar-refractivity contribution in [3.63, 3.8) is 0 Å². The van der Waals surface area contributed by atoms with E-state index in [-0.39, 0.29) is 11.7 Å². The SMILES string of the molecule is CC(=O)Nc1ccc(-c2cccc(C3=NC(C)(C)Cc4c3cc(OS(=O)(=O)C(F)(F)F)c3c4CC(C)(C)O3)c2)cc1. The van der Waals surface area contributed by atoms with Crippen LogP contribution in [0.3, 0.4) is 0 Å². The molecule has 0 fully saturated rings. The molecule has 7 nitrogen and oxygen atoms in total. The third kappa shape index (κ3) is 5.68. The third-order valence-electron chi connectivity index (χ3n) is 6.88. The second kappa shape index (κ2) is 9.61. The zero-order chi connectivity index (χ0) is 30.0. The molecule has 0 spiro atoms. The molecule has 0 aliphatic carbocycles. The smallest absolute Gasteiger partial charge is 0.483 e. The van der Waals surface area contributed by atoms with Gasteiger partial charge >= 0.3 is 15.6 Å². The summed E-state index contributed by atoms with van der Waals surface area (Å²) in [5.41, 5.74) is -1.40. The molecular weight excluding hydrogens is 557 g/mol.